The molecule has 3 heterocycles. The van der Waals surface area contributed by atoms with E-state index in [4.69, 9.17) is 0 Å². The van der Waals surface area contributed by atoms with Crippen molar-refractivity contribution >= 4 is 16.8 Å². The number of aromatic amines is 1. The van der Waals surface area contributed by atoms with Gasteiger partial charge < -0.3 is 9.88 Å². The molecule has 0 aliphatic carbocycles. The number of hydrogen-bond acceptors (Lipinski definition) is 2. The van der Waals surface area contributed by atoms with Crippen LogP contribution in [0.15, 0.2) is 24.3 Å². The fourth-order valence-electron chi connectivity index (χ4n) is 3.60. The molecule has 1 amide bonds. The van der Waals surface area contributed by atoms with Gasteiger partial charge in [0.2, 0.25) is 0 Å². The Labute approximate surface area is 118 Å². The summed E-state index contributed by atoms with van der Waals surface area (Å²) in [5.74, 6) is 0.141. The van der Waals surface area contributed by atoms with Crippen molar-refractivity contribution in [2.75, 3.05) is 20.1 Å². The Kier molecular flexibility index (Phi) is 2.60. The second kappa shape index (κ2) is 4.35. The van der Waals surface area contributed by atoms with E-state index in [1.54, 1.807) is 0 Å². The number of carbonyl (C=O) groups is 1. The minimum absolute atomic E-state index is 0.141. The maximum Gasteiger partial charge on any atom is 0.270 e. The van der Waals surface area contributed by atoms with Gasteiger partial charge in [0.15, 0.2) is 0 Å². The summed E-state index contributed by atoms with van der Waals surface area (Å²) in [4.78, 5) is 20.5. The Morgan fingerprint density at radius 3 is 3.05 bits per heavy atom. The van der Waals surface area contributed by atoms with E-state index in [0.29, 0.717) is 6.04 Å². The SMILES string of the molecule is CN1C(=O)c2[nH]c3ccccc3c2CN2CCC[C@@H]1C2. The molecule has 0 radical (unpaired) electrons. The van der Waals surface area contributed by atoms with Gasteiger partial charge in [-0.15, -0.1) is 0 Å². The summed E-state index contributed by atoms with van der Waals surface area (Å²) >= 11 is 0. The molecule has 2 atom stereocenters. The van der Waals surface area contributed by atoms with Gasteiger partial charge in [-0.1, -0.05) is 18.2 Å². The topological polar surface area (TPSA) is 39.3 Å². The van der Waals surface area contributed by atoms with Gasteiger partial charge >= 0.3 is 0 Å². The van der Waals surface area contributed by atoms with Crippen molar-refractivity contribution in [3.05, 3.63) is 35.5 Å². The predicted octanol–water partition coefficient (Wildman–Crippen LogP) is 2.22. The molecule has 1 aromatic heterocycles. The van der Waals surface area contributed by atoms with E-state index >= 15 is 0 Å². The molecule has 1 N–H and O–H groups in total. The third-order valence-electron chi connectivity index (χ3n) is 4.76. The predicted molar refractivity (Wildman–Crippen MR) is 78.7 cm³/mol. The molecular weight excluding hydrogens is 250 g/mol. The van der Waals surface area contributed by atoms with Crippen LogP contribution in [0.4, 0.5) is 0 Å². The van der Waals surface area contributed by atoms with E-state index in [0.717, 1.165) is 42.8 Å². The van der Waals surface area contributed by atoms with Gasteiger partial charge in [-0.25, -0.2) is 0 Å². The third kappa shape index (κ3) is 1.68. The molecule has 2 aliphatic heterocycles. The van der Waals surface area contributed by atoms with Crippen molar-refractivity contribution in [1.29, 1.82) is 0 Å². The fraction of sp³-hybridized carbons (Fsp3) is 0.438. The highest BCUT2D eigenvalue weighted by atomic mass is 16.2. The molecule has 1 unspecified atom stereocenters. The number of nitrogens with one attached hydrogen (secondary N) is 1. The number of nitrogens with zero attached hydrogens (tertiary/aromatic N) is 2. The van der Waals surface area contributed by atoms with E-state index in [9.17, 15) is 4.79 Å². The Morgan fingerprint density at radius 2 is 2.15 bits per heavy atom. The Balaban J connectivity index is 1.91. The number of H-pyrrole nitrogens is 1. The van der Waals surface area contributed by atoms with E-state index in [-0.39, 0.29) is 5.91 Å². The van der Waals surface area contributed by atoms with Gasteiger partial charge in [-0.2, -0.15) is 0 Å². The summed E-state index contributed by atoms with van der Waals surface area (Å²) in [6, 6.07) is 8.58. The van der Waals surface area contributed by atoms with Crippen LogP contribution in [0.25, 0.3) is 10.9 Å². The number of amides is 1. The second-order valence-electron chi connectivity index (χ2n) is 5.97. The van der Waals surface area contributed by atoms with Crippen LogP contribution in [-0.2, 0) is 6.54 Å². The van der Waals surface area contributed by atoms with Crippen LogP contribution in [-0.4, -0.2) is 46.9 Å². The highest BCUT2D eigenvalue weighted by Gasteiger charge is 2.32. The molecule has 0 spiro atoms. The molecule has 2 aromatic rings. The molecule has 2 aliphatic rings. The number of fused-ring (bicyclic) bond motifs is 5. The smallest absolute Gasteiger partial charge is 0.270 e. The first-order valence-electron chi connectivity index (χ1n) is 7.33. The lowest BCUT2D eigenvalue weighted by molar-refractivity contribution is 0.0571. The highest BCUT2D eigenvalue weighted by molar-refractivity contribution is 6.01. The minimum atomic E-state index is 0.141. The lowest BCUT2D eigenvalue weighted by Gasteiger charge is -2.39. The molecule has 4 rings (SSSR count). The Bertz CT molecular complexity index is 675. The second-order valence-corrected chi connectivity index (χ2v) is 5.97. The van der Waals surface area contributed by atoms with Crippen LogP contribution >= 0.6 is 0 Å². The molecule has 2 bridgehead atoms. The molecule has 1 aromatic carbocycles. The third-order valence-corrected chi connectivity index (χ3v) is 4.76. The van der Waals surface area contributed by atoms with Crippen LogP contribution in [0, 0.1) is 0 Å². The van der Waals surface area contributed by atoms with Gasteiger partial charge in [-0.3, -0.25) is 9.69 Å². The zero-order valence-corrected chi connectivity index (χ0v) is 11.7. The number of hydrogen-bond donors (Lipinski definition) is 1. The van der Waals surface area contributed by atoms with Gasteiger partial charge in [0.1, 0.15) is 5.69 Å². The van der Waals surface area contributed by atoms with Crippen molar-refractivity contribution < 1.29 is 4.79 Å². The normalized spacial score (nSPS) is 26.2. The number of rotatable bonds is 0. The quantitative estimate of drug-likeness (QED) is 0.796. The van der Waals surface area contributed by atoms with Crippen LogP contribution in [0.1, 0.15) is 28.9 Å². The van der Waals surface area contributed by atoms with E-state index < -0.39 is 0 Å². The van der Waals surface area contributed by atoms with Gasteiger partial charge in [0.05, 0.1) is 0 Å². The fourth-order valence-corrected chi connectivity index (χ4v) is 3.60. The van der Waals surface area contributed by atoms with Crippen LogP contribution in [0.2, 0.25) is 0 Å². The van der Waals surface area contributed by atoms with E-state index in [2.05, 4.69) is 22.0 Å². The van der Waals surface area contributed by atoms with Gasteiger partial charge in [0.25, 0.3) is 5.91 Å². The lowest BCUT2D eigenvalue weighted by Crippen LogP contribution is -2.50. The largest absolute Gasteiger partial charge is 0.350 e. The zero-order valence-electron chi connectivity index (χ0n) is 11.7. The van der Waals surface area contributed by atoms with Crippen LogP contribution < -0.4 is 0 Å². The summed E-state index contributed by atoms with van der Waals surface area (Å²) in [7, 11) is 1.94. The summed E-state index contributed by atoms with van der Waals surface area (Å²) in [6.45, 7) is 3.02. The first-order chi connectivity index (χ1) is 9.74. The molecule has 0 saturated carbocycles. The van der Waals surface area contributed by atoms with E-state index in [1.165, 1.54) is 11.8 Å². The first kappa shape index (κ1) is 12.0. The standard InChI is InChI=1S/C16H19N3O/c1-18-11-5-4-8-19(9-11)10-13-12-6-2-3-7-14(12)17-15(13)16(18)20/h2-3,6-7,11,17H,4-5,8-10H2,1H3/t11-/m1/s1. The van der Waals surface area contributed by atoms with Crippen molar-refractivity contribution in [3.63, 3.8) is 0 Å². The first-order valence-corrected chi connectivity index (χ1v) is 7.33. The molecule has 4 nitrogen and oxygen atoms in total. The van der Waals surface area contributed by atoms with Crippen molar-refractivity contribution in [2.45, 2.75) is 25.4 Å². The number of likely N-dealkylation sites (N-methyl/N-ethyl adjacent to an activating group) is 1. The summed E-state index contributed by atoms with van der Waals surface area (Å²) in [5.41, 5.74) is 3.01. The number of piperidine rings is 1. The monoisotopic (exact) mass is 269 g/mol. The summed E-state index contributed by atoms with van der Waals surface area (Å²) in [5, 5.41) is 1.19. The summed E-state index contributed by atoms with van der Waals surface area (Å²) in [6.07, 6.45) is 2.30. The molecular formula is C16H19N3O. The molecule has 104 valence electrons. The molecule has 4 heteroatoms. The van der Waals surface area contributed by atoms with Crippen molar-refractivity contribution in [1.82, 2.24) is 14.8 Å². The van der Waals surface area contributed by atoms with Crippen molar-refractivity contribution in [3.8, 4) is 0 Å². The lowest BCUT2D eigenvalue weighted by atomic mass is 9.99. The number of aromatic nitrogens is 1. The molecule has 1 fully saturated rings. The average molecular weight is 269 g/mol. The number of benzene rings is 1. The van der Waals surface area contributed by atoms with Crippen LogP contribution in [0.3, 0.4) is 0 Å². The van der Waals surface area contributed by atoms with Gasteiger partial charge in [0, 0.05) is 42.6 Å². The zero-order chi connectivity index (χ0) is 13.7. The van der Waals surface area contributed by atoms with E-state index in [1.807, 2.05) is 24.1 Å². The minimum Gasteiger partial charge on any atom is -0.350 e. The number of carbonyl (C=O) groups excluding carboxylic acids is 1. The maximum atomic E-state index is 12.7. The highest BCUT2D eigenvalue weighted by Crippen LogP contribution is 2.29. The Morgan fingerprint density at radius 1 is 1.30 bits per heavy atom. The van der Waals surface area contributed by atoms with Gasteiger partial charge in [-0.05, 0) is 25.5 Å². The average Bonchev–Trinajstić information content (AvgIpc) is 2.84. The van der Waals surface area contributed by atoms with Crippen LogP contribution in [0.5, 0.6) is 0 Å². The number of para-hydroxylation sites is 1. The Hall–Kier alpha value is -1.81. The molecule has 1 saturated heterocycles. The summed E-state index contributed by atoms with van der Waals surface area (Å²) < 4.78 is 0. The van der Waals surface area contributed by atoms with Crippen molar-refractivity contribution in [2.24, 2.45) is 0 Å². The molecule has 20 heavy (non-hydrogen) atoms. The maximum absolute atomic E-state index is 12.7.